The van der Waals surface area contributed by atoms with E-state index in [1.807, 2.05) is 6.07 Å². The fraction of sp³-hybridized carbons (Fsp3) is 0.125. The van der Waals surface area contributed by atoms with Crippen LogP contribution < -0.4 is 15.4 Å². The van der Waals surface area contributed by atoms with E-state index in [9.17, 15) is 14.0 Å². The van der Waals surface area contributed by atoms with Crippen LogP contribution in [0.15, 0.2) is 48.5 Å². The average molecular weight is 302 g/mol. The monoisotopic (exact) mass is 302 g/mol. The van der Waals surface area contributed by atoms with Crippen molar-refractivity contribution in [2.45, 2.75) is 6.92 Å². The molecule has 0 aliphatic carbocycles. The Morgan fingerprint density at radius 3 is 2.50 bits per heavy atom. The molecule has 0 bridgehead atoms. The lowest BCUT2D eigenvalue weighted by atomic mass is 10.2. The Hall–Kier alpha value is -2.89. The molecule has 2 N–H and O–H groups in total. The first-order chi connectivity index (χ1) is 10.5. The molecule has 0 aromatic heterocycles. The number of carbonyl (C=O) groups is 2. The van der Waals surface area contributed by atoms with Gasteiger partial charge in [0, 0.05) is 12.6 Å². The molecule has 114 valence electrons. The van der Waals surface area contributed by atoms with Gasteiger partial charge in [-0.25, -0.2) is 4.39 Å². The Kier molecular flexibility index (Phi) is 5.08. The minimum atomic E-state index is -0.595. The number of para-hydroxylation sites is 1. The zero-order valence-electron chi connectivity index (χ0n) is 11.9. The topological polar surface area (TPSA) is 67.4 Å². The lowest BCUT2D eigenvalue weighted by molar-refractivity contribution is -0.118. The standard InChI is InChI=1S/C16H15FN2O3/c1-11(20)18-12-7-8-14(17)15(9-12)19-16(21)10-22-13-5-3-2-4-6-13/h2-9H,10H2,1H3,(H,18,20)(H,19,21). The van der Waals surface area contributed by atoms with Crippen molar-refractivity contribution in [2.24, 2.45) is 0 Å². The number of amides is 2. The first kappa shape index (κ1) is 15.5. The molecule has 0 aliphatic rings. The van der Waals surface area contributed by atoms with Crippen LogP contribution in [0.4, 0.5) is 15.8 Å². The van der Waals surface area contributed by atoms with E-state index in [0.717, 1.165) is 0 Å². The quantitative estimate of drug-likeness (QED) is 0.892. The van der Waals surface area contributed by atoms with Gasteiger partial charge in [-0.3, -0.25) is 9.59 Å². The first-order valence-electron chi connectivity index (χ1n) is 6.59. The third-order valence-electron chi connectivity index (χ3n) is 2.67. The molecule has 0 fully saturated rings. The number of ether oxygens (including phenoxy) is 1. The van der Waals surface area contributed by atoms with Crippen molar-refractivity contribution in [3.8, 4) is 5.75 Å². The van der Waals surface area contributed by atoms with E-state index in [-0.39, 0.29) is 18.2 Å². The molecule has 0 radical (unpaired) electrons. The van der Waals surface area contributed by atoms with Gasteiger partial charge in [-0.2, -0.15) is 0 Å². The summed E-state index contributed by atoms with van der Waals surface area (Å²) < 4.78 is 18.9. The number of hydrogen-bond donors (Lipinski definition) is 2. The summed E-state index contributed by atoms with van der Waals surface area (Å²) in [6, 6.07) is 12.7. The van der Waals surface area contributed by atoms with Gasteiger partial charge < -0.3 is 15.4 Å². The van der Waals surface area contributed by atoms with Crippen LogP contribution in [0.2, 0.25) is 0 Å². The summed E-state index contributed by atoms with van der Waals surface area (Å²) in [4.78, 5) is 22.8. The minimum absolute atomic E-state index is 0.0205. The summed E-state index contributed by atoms with van der Waals surface area (Å²) >= 11 is 0. The van der Waals surface area contributed by atoms with Crippen molar-refractivity contribution < 1.29 is 18.7 Å². The van der Waals surface area contributed by atoms with Gasteiger partial charge in [0.1, 0.15) is 11.6 Å². The summed E-state index contributed by atoms with van der Waals surface area (Å²) in [6.07, 6.45) is 0. The number of benzene rings is 2. The van der Waals surface area contributed by atoms with Gasteiger partial charge in [-0.1, -0.05) is 18.2 Å². The molecule has 2 aromatic rings. The molecular formula is C16H15FN2O3. The Labute approximate surface area is 127 Å². The van der Waals surface area contributed by atoms with Crippen LogP contribution in [-0.4, -0.2) is 18.4 Å². The molecule has 0 atom stereocenters. The Bertz CT molecular complexity index is 674. The van der Waals surface area contributed by atoms with Crippen molar-refractivity contribution in [1.29, 1.82) is 0 Å². The van der Waals surface area contributed by atoms with Crippen LogP contribution >= 0.6 is 0 Å². The molecule has 2 rings (SSSR count). The van der Waals surface area contributed by atoms with Crippen molar-refractivity contribution in [1.82, 2.24) is 0 Å². The second kappa shape index (κ2) is 7.21. The van der Waals surface area contributed by atoms with E-state index in [1.165, 1.54) is 25.1 Å². The van der Waals surface area contributed by atoms with Gasteiger partial charge in [0.05, 0.1) is 5.69 Å². The van der Waals surface area contributed by atoms with Crippen molar-refractivity contribution in [3.63, 3.8) is 0 Å². The SMILES string of the molecule is CC(=O)Nc1ccc(F)c(NC(=O)COc2ccccc2)c1. The zero-order chi connectivity index (χ0) is 15.9. The predicted octanol–water partition coefficient (Wildman–Crippen LogP) is 2.80. The highest BCUT2D eigenvalue weighted by Gasteiger charge is 2.09. The average Bonchev–Trinajstić information content (AvgIpc) is 2.49. The number of anilines is 2. The van der Waals surface area contributed by atoms with Crippen LogP contribution in [0.1, 0.15) is 6.92 Å². The van der Waals surface area contributed by atoms with Crippen LogP contribution in [0.3, 0.4) is 0 Å². The van der Waals surface area contributed by atoms with Crippen LogP contribution in [0.25, 0.3) is 0 Å². The second-order valence-electron chi connectivity index (χ2n) is 4.53. The van der Waals surface area contributed by atoms with Crippen molar-refractivity contribution >= 4 is 23.2 Å². The summed E-state index contributed by atoms with van der Waals surface area (Å²) in [6.45, 7) is 1.10. The van der Waals surface area contributed by atoms with Crippen LogP contribution in [-0.2, 0) is 9.59 Å². The van der Waals surface area contributed by atoms with Crippen LogP contribution in [0.5, 0.6) is 5.75 Å². The van der Waals surface area contributed by atoms with E-state index in [2.05, 4.69) is 10.6 Å². The molecule has 22 heavy (non-hydrogen) atoms. The van der Waals surface area contributed by atoms with Crippen LogP contribution in [0, 0.1) is 5.82 Å². The number of hydrogen-bond acceptors (Lipinski definition) is 3. The third-order valence-corrected chi connectivity index (χ3v) is 2.67. The van der Waals surface area contributed by atoms with Gasteiger partial charge in [-0.05, 0) is 30.3 Å². The Morgan fingerprint density at radius 2 is 1.82 bits per heavy atom. The van der Waals surface area contributed by atoms with Gasteiger partial charge in [-0.15, -0.1) is 0 Å². The summed E-state index contributed by atoms with van der Waals surface area (Å²) in [5.74, 6) is -0.827. The van der Waals surface area contributed by atoms with E-state index < -0.39 is 11.7 Å². The van der Waals surface area contributed by atoms with Gasteiger partial charge >= 0.3 is 0 Å². The molecule has 0 aliphatic heterocycles. The number of nitrogens with one attached hydrogen (secondary N) is 2. The molecule has 0 saturated carbocycles. The van der Waals surface area contributed by atoms with E-state index in [0.29, 0.717) is 11.4 Å². The summed E-state index contributed by atoms with van der Waals surface area (Å²) in [5, 5.41) is 4.92. The second-order valence-corrected chi connectivity index (χ2v) is 4.53. The van der Waals surface area contributed by atoms with Gasteiger partial charge in [0.2, 0.25) is 5.91 Å². The minimum Gasteiger partial charge on any atom is -0.484 e. The van der Waals surface area contributed by atoms with Gasteiger partial charge in [0.15, 0.2) is 6.61 Å². The largest absolute Gasteiger partial charge is 0.484 e. The Morgan fingerprint density at radius 1 is 1.09 bits per heavy atom. The molecule has 0 saturated heterocycles. The molecule has 0 spiro atoms. The molecule has 6 heteroatoms. The van der Waals surface area contributed by atoms with E-state index >= 15 is 0 Å². The molecule has 0 unspecified atom stereocenters. The maximum atomic E-state index is 13.7. The van der Waals surface area contributed by atoms with Gasteiger partial charge in [0.25, 0.3) is 5.91 Å². The lowest BCUT2D eigenvalue weighted by Gasteiger charge is -2.10. The fourth-order valence-electron chi connectivity index (χ4n) is 1.75. The highest BCUT2D eigenvalue weighted by atomic mass is 19.1. The van der Waals surface area contributed by atoms with Crippen molar-refractivity contribution in [2.75, 3.05) is 17.2 Å². The summed E-state index contributed by atoms with van der Waals surface area (Å²) in [7, 11) is 0. The smallest absolute Gasteiger partial charge is 0.262 e. The maximum absolute atomic E-state index is 13.7. The first-order valence-corrected chi connectivity index (χ1v) is 6.59. The highest BCUT2D eigenvalue weighted by Crippen LogP contribution is 2.19. The summed E-state index contributed by atoms with van der Waals surface area (Å²) in [5.41, 5.74) is 0.376. The number of carbonyl (C=O) groups excluding carboxylic acids is 2. The van der Waals surface area contributed by atoms with Crippen molar-refractivity contribution in [3.05, 3.63) is 54.3 Å². The number of rotatable bonds is 5. The molecule has 5 nitrogen and oxygen atoms in total. The zero-order valence-corrected chi connectivity index (χ0v) is 11.9. The molecule has 0 heterocycles. The Balaban J connectivity index is 1.97. The van der Waals surface area contributed by atoms with E-state index in [1.54, 1.807) is 24.3 Å². The highest BCUT2D eigenvalue weighted by molar-refractivity contribution is 5.94. The molecule has 2 amide bonds. The normalized spacial score (nSPS) is 9.91. The number of halogens is 1. The molecular weight excluding hydrogens is 287 g/mol. The van der Waals surface area contributed by atoms with E-state index in [4.69, 9.17) is 4.74 Å². The predicted molar refractivity (Wildman–Crippen MR) is 81.3 cm³/mol. The maximum Gasteiger partial charge on any atom is 0.262 e. The molecule has 2 aromatic carbocycles. The fourth-order valence-corrected chi connectivity index (χ4v) is 1.75. The lowest BCUT2D eigenvalue weighted by Crippen LogP contribution is -2.21. The third kappa shape index (κ3) is 4.59.